The van der Waals surface area contributed by atoms with Crippen molar-refractivity contribution in [2.45, 2.75) is 0 Å². The highest BCUT2D eigenvalue weighted by atomic mass is 16.5. The van der Waals surface area contributed by atoms with Gasteiger partial charge in [0.2, 0.25) is 5.95 Å². The zero-order valence-corrected chi connectivity index (χ0v) is 11.1. The van der Waals surface area contributed by atoms with Gasteiger partial charge in [0.25, 0.3) is 0 Å². The highest BCUT2D eigenvalue weighted by Crippen LogP contribution is 2.17. The minimum atomic E-state index is -0.418. The Morgan fingerprint density at radius 3 is 2.70 bits per heavy atom. The molecule has 0 amide bonds. The maximum absolute atomic E-state index is 11.9. The van der Waals surface area contributed by atoms with Gasteiger partial charge < -0.3 is 14.8 Å². The second kappa shape index (κ2) is 7.08. The minimum Gasteiger partial charge on any atom is -0.496 e. The summed E-state index contributed by atoms with van der Waals surface area (Å²) in [4.78, 5) is 19.9. The van der Waals surface area contributed by atoms with Crippen molar-refractivity contribution in [3.8, 4) is 5.75 Å². The van der Waals surface area contributed by atoms with E-state index < -0.39 is 5.97 Å². The molecule has 0 atom stereocenters. The number of anilines is 1. The zero-order valence-electron chi connectivity index (χ0n) is 11.1. The van der Waals surface area contributed by atoms with E-state index in [9.17, 15) is 4.79 Å². The molecular formula is C14H15N3O3. The van der Waals surface area contributed by atoms with Crippen LogP contribution in [0.15, 0.2) is 42.7 Å². The molecule has 0 saturated carbocycles. The van der Waals surface area contributed by atoms with Crippen LogP contribution in [0.2, 0.25) is 0 Å². The van der Waals surface area contributed by atoms with Crippen molar-refractivity contribution < 1.29 is 14.3 Å². The number of hydrogen-bond donors (Lipinski definition) is 1. The fourth-order valence-electron chi connectivity index (χ4n) is 1.59. The third kappa shape index (κ3) is 3.68. The number of ether oxygens (including phenoxy) is 2. The number of para-hydroxylation sites is 1. The van der Waals surface area contributed by atoms with Crippen molar-refractivity contribution in [3.63, 3.8) is 0 Å². The molecule has 104 valence electrons. The van der Waals surface area contributed by atoms with Gasteiger partial charge in [0.15, 0.2) is 0 Å². The predicted octanol–water partition coefficient (Wildman–Crippen LogP) is 1.75. The minimum absolute atomic E-state index is 0.217. The van der Waals surface area contributed by atoms with Crippen LogP contribution in [-0.4, -0.2) is 36.2 Å². The molecule has 0 aliphatic rings. The smallest absolute Gasteiger partial charge is 0.341 e. The summed E-state index contributed by atoms with van der Waals surface area (Å²) in [5.41, 5.74) is 0.408. The van der Waals surface area contributed by atoms with Gasteiger partial charge >= 0.3 is 5.97 Å². The molecule has 0 bridgehead atoms. The van der Waals surface area contributed by atoms with Crippen LogP contribution in [0.4, 0.5) is 5.95 Å². The fourth-order valence-corrected chi connectivity index (χ4v) is 1.59. The largest absolute Gasteiger partial charge is 0.496 e. The van der Waals surface area contributed by atoms with Crippen molar-refractivity contribution in [2.24, 2.45) is 0 Å². The number of methoxy groups -OCH3 is 1. The summed E-state index contributed by atoms with van der Waals surface area (Å²) in [6, 6.07) is 8.66. The zero-order chi connectivity index (χ0) is 14.2. The molecule has 0 radical (unpaired) electrons. The van der Waals surface area contributed by atoms with Crippen LogP contribution in [0.1, 0.15) is 10.4 Å². The Kier molecular flexibility index (Phi) is 4.88. The first kappa shape index (κ1) is 13.8. The van der Waals surface area contributed by atoms with E-state index in [0.717, 1.165) is 0 Å². The Balaban J connectivity index is 1.81. The Morgan fingerprint density at radius 2 is 1.95 bits per heavy atom. The standard InChI is InChI=1S/C14H15N3O3/c1-19-12-6-3-2-5-11(12)13(18)20-10-9-17-14-15-7-4-8-16-14/h2-8H,9-10H2,1H3,(H,15,16,17). The lowest BCUT2D eigenvalue weighted by Crippen LogP contribution is -2.15. The average Bonchev–Trinajstić information content (AvgIpc) is 2.52. The molecule has 20 heavy (non-hydrogen) atoms. The lowest BCUT2D eigenvalue weighted by Gasteiger charge is -2.09. The Hall–Kier alpha value is -2.63. The van der Waals surface area contributed by atoms with Gasteiger partial charge in [-0.1, -0.05) is 12.1 Å². The first-order valence-electron chi connectivity index (χ1n) is 6.12. The number of esters is 1. The van der Waals surface area contributed by atoms with Crippen LogP contribution < -0.4 is 10.1 Å². The molecule has 0 saturated heterocycles. The number of nitrogens with one attached hydrogen (secondary N) is 1. The van der Waals surface area contributed by atoms with E-state index in [4.69, 9.17) is 9.47 Å². The normalized spacial score (nSPS) is 9.85. The Bertz CT molecular complexity index is 561. The van der Waals surface area contributed by atoms with Crippen molar-refractivity contribution >= 4 is 11.9 Å². The number of aromatic nitrogens is 2. The summed E-state index contributed by atoms with van der Waals surface area (Å²) in [5.74, 6) is 0.580. The number of carbonyl (C=O) groups is 1. The topological polar surface area (TPSA) is 73.3 Å². The molecule has 0 aliphatic heterocycles. The second-order valence-corrected chi connectivity index (χ2v) is 3.84. The summed E-state index contributed by atoms with van der Waals surface area (Å²) in [5, 5.41) is 2.95. The summed E-state index contributed by atoms with van der Waals surface area (Å²) >= 11 is 0. The second-order valence-electron chi connectivity index (χ2n) is 3.84. The number of rotatable bonds is 6. The van der Waals surface area contributed by atoms with E-state index in [2.05, 4.69) is 15.3 Å². The quantitative estimate of drug-likeness (QED) is 0.638. The van der Waals surface area contributed by atoms with Gasteiger partial charge in [0.05, 0.1) is 13.7 Å². The van der Waals surface area contributed by atoms with Crippen LogP contribution >= 0.6 is 0 Å². The van der Waals surface area contributed by atoms with Crippen molar-refractivity contribution in [3.05, 3.63) is 48.3 Å². The molecule has 0 fully saturated rings. The van der Waals surface area contributed by atoms with Gasteiger partial charge in [-0.3, -0.25) is 0 Å². The van der Waals surface area contributed by atoms with E-state index in [1.54, 1.807) is 42.7 Å². The molecule has 0 spiro atoms. The molecule has 1 aromatic carbocycles. The third-order valence-corrected chi connectivity index (χ3v) is 2.51. The molecule has 2 aromatic rings. The molecular weight excluding hydrogens is 258 g/mol. The maximum atomic E-state index is 11.9. The number of nitrogens with zero attached hydrogens (tertiary/aromatic N) is 2. The van der Waals surface area contributed by atoms with Gasteiger partial charge in [0, 0.05) is 12.4 Å². The summed E-state index contributed by atoms with van der Waals surface area (Å²) in [6.07, 6.45) is 3.27. The van der Waals surface area contributed by atoms with Crippen molar-refractivity contribution in [1.29, 1.82) is 0 Å². The molecule has 2 rings (SSSR count). The van der Waals surface area contributed by atoms with E-state index >= 15 is 0 Å². The molecule has 0 unspecified atom stereocenters. The average molecular weight is 273 g/mol. The molecule has 0 aliphatic carbocycles. The highest BCUT2D eigenvalue weighted by Gasteiger charge is 2.12. The first-order chi connectivity index (χ1) is 9.81. The van der Waals surface area contributed by atoms with Crippen molar-refractivity contribution in [2.75, 3.05) is 25.6 Å². The lowest BCUT2D eigenvalue weighted by molar-refractivity contribution is 0.0517. The molecule has 6 nitrogen and oxygen atoms in total. The predicted molar refractivity (Wildman–Crippen MR) is 73.8 cm³/mol. The third-order valence-electron chi connectivity index (χ3n) is 2.51. The fraction of sp³-hybridized carbons (Fsp3) is 0.214. The van der Waals surface area contributed by atoms with E-state index in [1.807, 2.05) is 0 Å². The van der Waals surface area contributed by atoms with Gasteiger partial charge in [-0.05, 0) is 18.2 Å². The Labute approximate surface area is 116 Å². The van der Waals surface area contributed by atoms with Gasteiger partial charge in [-0.15, -0.1) is 0 Å². The van der Waals surface area contributed by atoms with Crippen LogP contribution in [-0.2, 0) is 4.74 Å². The maximum Gasteiger partial charge on any atom is 0.341 e. The van der Waals surface area contributed by atoms with Crippen LogP contribution in [0.3, 0.4) is 0 Å². The number of carbonyl (C=O) groups excluding carboxylic acids is 1. The van der Waals surface area contributed by atoms with Gasteiger partial charge in [-0.25, -0.2) is 14.8 Å². The molecule has 1 aromatic heterocycles. The monoisotopic (exact) mass is 273 g/mol. The van der Waals surface area contributed by atoms with E-state index in [-0.39, 0.29) is 6.61 Å². The van der Waals surface area contributed by atoms with Crippen LogP contribution in [0.25, 0.3) is 0 Å². The van der Waals surface area contributed by atoms with E-state index in [1.165, 1.54) is 7.11 Å². The molecule has 1 N–H and O–H groups in total. The van der Waals surface area contributed by atoms with Gasteiger partial charge in [0.1, 0.15) is 17.9 Å². The number of hydrogen-bond acceptors (Lipinski definition) is 6. The lowest BCUT2D eigenvalue weighted by atomic mass is 10.2. The summed E-state index contributed by atoms with van der Waals surface area (Å²) in [6.45, 7) is 0.653. The first-order valence-corrected chi connectivity index (χ1v) is 6.12. The van der Waals surface area contributed by atoms with Crippen LogP contribution in [0.5, 0.6) is 5.75 Å². The van der Waals surface area contributed by atoms with Gasteiger partial charge in [-0.2, -0.15) is 0 Å². The van der Waals surface area contributed by atoms with Crippen molar-refractivity contribution in [1.82, 2.24) is 9.97 Å². The molecule has 1 heterocycles. The summed E-state index contributed by atoms with van der Waals surface area (Å²) in [7, 11) is 1.51. The number of benzene rings is 1. The molecule has 6 heteroatoms. The SMILES string of the molecule is COc1ccccc1C(=O)OCCNc1ncccn1. The van der Waals surface area contributed by atoms with Crippen LogP contribution in [0, 0.1) is 0 Å². The Morgan fingerprint density at radius 1 is 1.20 bits per heavy atom. The highest BCUT2D eigenvalue weighted by molar-refractivity contribution is 5.92. The van der Waals surface area contributed by atoms with E-state index in [0.29, 0.717) is 23.8 Å². The summed E-state index contributed by atoms with van der Waals surface area (Å²) < 4.78 is 10.3.